The van der Waals surface area contributed by atoms with E-state index in [0.29, 0.717) is 0 Å². The van der Waals surface area contributed by atoms with E-state index in [1.807, 2.05) is 6.07 Å². The van der Waals surface area contributed by atoms with Crippen LogP contribution in [-0.2, 0) is 4.79 Å². The lowest BCUT2D eigenvalue weighted by Gasteiger charge is -2.03. The third-order valence-electron chi connectivity index (χ3n) is 2.09. The molecule has 12 heavy (non-hydrogen) atoms. The van der Waals surface area contributed by atoms with Gasteiger partial charge < -0.3 is 9.90 Å². The largest absolute Gasteiger partial charge is 0.507 e. The molecule has 0 fully saturated rings. The van der Waals surface area contributed by atoms with Crippen molar-refractivity contribution in [3.05, 3.63) is 35.4 Å². The zero-order chi connectivity index (χ0) is 8.55. The van der Waals surface area contributed by atoms with E-state index in [0.717, 1.165) is 17.4 Å². The van der Waals surface area contributed by atoms with Gasteiger partial charge in [0.15, 0.2) is 0 Å². The lowest BCUT2D eigenvalue weighted by Crippen LogP contribution is -1.93. The monoisotopic (exact) mass is 160 g/mol. The number of fused-ring (bicyclic) bond motifs is 1. The Bertz CT molecular complexity index is 353. The molecular formula is C10H8O2. The molecule has 1 unspecified atom stereocenters. The molecule has 0 radical (unpaired) electrons. The van der Waals surface area contributed by atoms with Crippen molar-refractivity contribution in [3.8, 4) is 5.75 Å². The van der Waals surface area contributed by atoms with Crippen molar-refractivity contribution in [2.45, 2.75) is 5.92 Å². The minimum Gasteiger partial charge on any atom is -0.507 e. The number of hydrogen-bond donors (Lipinski definition) is 1. The fraction of sp³-hybridized carbons (Fsp3) is 0.100. The van der Waals surface area contributed by atoms with Gasteiger partial charge in [-0.25, -0.2) is 0 Å². The summed E-state index contributed by atoms with van der Waals surface area (Å²) in [5, 5.41) is 9.38. The second-order valence-electron chi connectivity index (χ2n) is 2.80. The molecule has 0 aromatic heterocycles. The quantitative estimate of drug-likeness (QED) is 0.635. The Morgan fingerprint density at radius 3 is 3.00 bits per heavy atom. The Kier molecular flexibility index (Phi) is 1.47. The van der Waals surface area contributed by atoms with Crippen LogP contribution in [0.2, 0.25) is 0 Å². The standard InChI is InChI=1S/C10H8O2/c11-6-7-4-5-9-8(7)2-1-3-10(9)12/h1-7,12H. The van der Waals surface area contributed by atoms with Gasteiger partial charge in [-0.1, -0.05) is 24.3 Å². The summed E-state index contributed by atoms with van der Waals surface area (Å²) in [6.45, 7) is 0. The molecule has 1 aromatic rings. The van der Waals surface area contributed by atoms with E-state index >= 15 is 0 Å². The molecule has 0 saturated heterocycles. The molecule has 0 bridgehead atoms. The van der Waals surface area contributed by atoms with Crippen molar-refractivity contribution in [1.82, 2.24) is 0 Å². The number of hydrogen-bond acceptors (Lipinski definition) is 2. The van der Waals surface area contributed by atoms with E-state index in [4.69, 9.17) is 0 Å². The average Bonchev–Trinajstić information content (AvgIpc) is 2.49. The summed E-state index contributed by atoms with van der Waals surface area (Å²) in [5.41, 5.74) is 1.67. The van der Waals surface area contributed by atoms with E-state index < -0.39 is 0 Å². The Morgan fingerprint density at radius 2 is 2.25 bits per heavy atom. The number of phenols is 1. The van der Waals surface area contributed by atoms with Crippen LogP contribution in [0.25, 0.3) is 6.08 Å². The van der Waals surface area contributed by atoms with Crippen LogP contribution in [-0.4, -0.2) is 11.4 Å². The number of phenolic OH excluding ortho intramolecular Hbond substituents is 1. The second kappa shape index (κ2) is 2.48. The number of aromatic hydroxyl groups is 1. The number of carbonyl (C=O) groups excluding carboxylic acids is 1. The van der Waals surface area contributed by atoms with Crippen molar-refractivity contribution in [2.24, 2.45) is 0 Å². The molecule has 1 atom stereocenters. The summed E-state index contributed by atoms with van der Waals surface area (Å²) in [4.78, 5) is 10.5. The zero-order valence-electron chi connectivity index (χ0n) is 6.40. The van der Waals surface area contributed by atoms with Crippen LogP contribution >= 0.6 is 0 Å². The van der Waals surface area contributed by atoms with Gasteiger partial charge in [-0.05, 0) is 11.6 Å². The van der Waals surface area contributed by atoms with Gasteiger partial charge in [-0.2, -0.15) is 0 Å². The SMILES string of the molecule is O=CC1C=Cc2c(O)cccc21. The van der Waals surface area contributed by atoms with Crippen molar-refractivity contribution in [1.29, 1.82) is 0 Å². The highest BCUT2D eigenvalue weighted by Crippen LogP contribution is 2.33. The number of benzene rings is 1. The molecule has 1 N–H and O–H groups in total. The zero-order valence-corrected chi connectivity index (χ0v) is 6.40. The molecule has 0 amide bonds. The van der Waals surface area contributed by atoms with Gasteiger partial charge in [0.2, 0.25) is 0 Å². The van der Waals surface area contributed by atoms with Crippen LogP contribution in [0.4, 0.5) is 0 Å². The summed E-state index contributed by atoms with van der Waals surface area (Å²) >= 11 is 0. The van der Waals surface area contributed by atoms with E-state index in [1.54, 1.807) is 24.3 Å². The number of aldehydes is 1. The predicted octanol–water partition coefficient (Wildman–Crippen LogP) is 1.70. The van der Waals surface area contributed by atoms with Gasteiger partial charge in [0.05, 0.1) is 5.92 Å². The first-order chi connectivity index (χ1) is 5.83. The Labute approximate surface area is 70.2 Å². The van der Waals surface area contributed by atoms with E-state index in [1.165, 1.54) is 0 Å². The first kappa shape index (κ1) is 7.10. The highest BCUT2D eigenvalue weighted by Gasteiger charge is 2.17. The molecule has 60 valence electrons. The minimum absolute atomic E-state index is 0.174. The van der Waals surface area contributed by atoms with Crippen LogP contribution in [0.3, 0.4) is 0 Å². The van der Waals surface area contributed by atoms with Crippen molar-refractivity contribution in [3.63, 3.8) is 0 Å². The molecule has 1 aliphatic carbocycles. The second-order valence-corrected chi connectivity index (χ2v) is 2.80. The number of allylic oxidation sites excluding steroid dienone is 1. The first-order valence-electron chi connectivity index (χ1n) is 3.78. The molecule has 2 rings (SSSR count). The van der Waals surface area contributed by atoms with Gasteiger partial charge in [0, 0.05) is 5.56 Å². The van der Waals surface area contributed by atoms with E-state index in [-0.39, 0.29) is 11.7 Å². The van der Waals surface area contributed by atoms with Gasteiger partial charge >= 0.3 is 0 Å². The van der Waals surface area contributed by atoms with Crippen molar-refractivity contribution >= 4 is 12.4 Å². The molecule has 2 nitrogen and oxygen atoms in total. The summed E-state index contributed by atoms with van der Waals surface area (Å²) in [6.07, 6.45) is 4.45. The highest BCUT2D eigenvalue weighted by atomic mass is 16.3. The highest BCUT2D eigenvalue weighted by molar-refractivity contribution is 5.79. The maximum Gasteiger partial charge on any atom is 0.131 e. The lowest BCUT2D eigenvalue weighted by molar-refractivity contribution is -0.108. The van der Waals surface area contributed by atoms with Crippen LogP contribution in [0.15, 0.2) is 24.3 Å². The van der Waals surface area contributed by atoms with Crippen LogP contribution in [0.5, 0.6) is 5.75 Å². The van der Waals surface area contributed by atoms with Crippen LogP contribution in [0.1, 0.15) is 17.0 Å². The minimum atomic E-state index is -0.174. The summed E-state index contributed by atoms with van der Waals surface area (Å²) < 4.78 is 0. The van der Waals surface area contributed by atoms with Crippen molar-refractivity contribution in [2.75, 3.05) is 0 Å². The molecule has 1 aromatic carbocycles. The molecule has 0 spiro atoms. The number of carbonyl (C=O) groups is 1. The maximum absolute atomic E-state index is 10.5. The maximum atomic E-state index is 10.5. The predicted molar refractivity (Wildman–Crippen MR) is 45.9 cm³/mol. The third-order valence-corrected chi connectivity index (χ3v) is 2.09. The summed E-state index contributed by atoms with van der Waals surface area (Å²) in [6, 6.07) is 5.22. The fourth-order valence-electron chi connectivity index (χ4n) is 1.46. The van der Waals surface area contributed by atoms with Crippen molar-refractivity contribution < 1.29 is 9.90 Å². The Hall–Kier alpha value is -1.57. The van der Waals surface area contributed by atoms with Gasteiger partial charge in [-0.15, -0.1) is 0 Å². The number of rotatable bonds is 1. The summed E-state index contributed by atoms with van der Waals surface area (Å²) in [7, 11) is 0. The van der Waals surface area contributed by atoms with E-state index in [2.05, 4.69) is 0 Å². The first-order valence-corrected chi connectivity index (χ1v) is 3.78. The van der Waals surface area contributed by atoms with Crippen LogP contribution in [0, 0.1) is 0 Å². The Morgan fingerprint density at radius 1 is 1.42 bits per heavy atom. The molecule has 0 saturated carbocycles. The van der Waals surface area contributed by atoms with Gasteiger partial charge in [-0.3, -0.25) is 0 Å². The lowest BCUT2D eigenvalue weighted by atomic mass is 10.0. The smallest absolute Gasteiger partial charge is 0.131 e. The van der Waals surface area contributed by atoms with Gasteiger partial charge in [0.1, 0.15) is 12.0 Å². The summed E-state index contributed by atoms with van der Waals surface area (Å²) in [5.74, 6) is 0.0696. The van der Waals surface area contributed by atoms with Gasteiger partial charge in [0.25, 0.3) is 0 Å². The topological polar surface area (TPSA) is 37.3 Å². The molecule has 2 heteroatoms. The van der Waals surface area contributed by atoms with E-state index in [9.17, 15) is 9.90 Å². The Balaban J connectivity index is 2.59. The van der Waals surface area contributed by atoms with Crippen LogP contribution < -0.4 is 0 Å². The average molecular weight is 160 g/mol. The molecule has 0 heterocycles. The third kappa shape index (κ3) is 0.848. The molecule has 0 aliphatic heterocycles. The molecular weight excluding hydrogens is 152 g/mol. The fourth-order valence-corrected chi connectivity index (χ4v) is 1.46. The normalized spacial score (nSPS) is 19.2. The molecule has 1 aliphatic rings.